The lowest BCUT2D eigenvalue weighted by molar-refractivity contribution is 0.297. The minimum absolute atomic E-state index is 0.105. The average Bonchev–Trinajstić information content (AvgIpc) is 2.46. The first kappa shape index (κ1) is 13.1. The Hall–Kier alpha value is -2.30. The Bertz CT molecular complexity index is 566. The standard InChI is InChI=1S/C14H17N3O2/c1-15-12-10-14(18)17(16-11-12)8-5-9-19-13-6-3-2-4-7-13/h2-4,6-7,10-11,15H,5,8-9H2,1H3. The van der Waals surface area contributed by atoms with Crippen LogP contribution in [0.1, 0.15) is 6.42 Å². The highest BCUT2D eigenvalue weighted by Gasteiger charge is 1.99. The maximum atomic E-state index is 11.7. The van der Waals surface area contributed by atoms with Gasteiger partial charge in [-0.2, -0.15) is 5.10 Å². The molecule has 0 saturated carbocycles. The summed E-state index contributed by atoms with van der Waals surface area (Å²) in [5, 5.41) is 6.96. The van der Waals surface area contributed by atoms with Crippen molar-refractivity contribution in [1.82, 2.24) is 9.78 Å². The molecule has 2 rings (SSSR count). The van der Waals surface area contributed by atoms with Gasteiger partial charge < -0.3 is 10.1 Å². The molecule has 0 unspecified atom stereocenters. The van der Waals surface area contributed by atoms with Gasteiger partial charge in [-0.1, -0.05) is 18.2 Å². The van der Waals surface area contributed by atoms with Crippen molar-refractivity contribution >= 4 is 5.69 Å². The highest BCUT2D eigenvalue weighted by molar-refractivity contribution is 5.37. The van der Waals surface area contributed by atoms with E-state index in [4.69, 9.17) is 4.74 Å². The van der Waals surface area contributed by atoms with Crippen molar-refractivity contribution in [2.75, 3.05) is 19.0 Å². The number of anilines is 1. The Morgan fingerprint density at radius 2 is 2.11 bits per heavy atom. The van der Waals surface area contributed by atoms with Crippen molar-refractivity contribution in [2.24, 2.45) is 0 Å². The molecule has 0 aliphatic rings. The van der Waals surface area contributed by atoms with Gasteiger partial charge >= 0.3 is 0 Å². The lowest BCUT2D eigenvalue weighted by Crippen LogP contribution is -2.23. The quantitative estimate of drug-likeness (QED) is 0.803. The molecule has 1 N–H and O–H groups in total. The van der Waals surface area contributed by atoms with Crippen LogP contribution in [0.5, 0.6) is 5.75 Å². The van der Waals surface area contributed by atoms with Crippen LogP contribution in [0.25, 0.3) is 0 Å². The fourth-order valence-corrected chi connectivity index (χ4v) is 1.66. The highest BCUT2D eigenvalue weighted by Crippen LogP contribution is 2.08. The Morgan fingerprint density at radius 1 is 1.32 bits per heavy atom. The van der Waals surface area contributed by atoms with E-state index in [1.165, 1.54) is 10.7 Å². The zero-order chi connectivity index (χ0) is 13.5. The van der Waals surface area contributed by atoms with Crippen LogP contribution in [-0.2, 0) is 6.54 Å². The summed E-state index contributed by atoms with van der Waals surface area (Å²) in [6, 6.07) is 11.2. The molecule has 0 saturated heterocycles. The van der Waals surface area contributed by atoms with Crippen molar-refractivity contribution in [3.8, 4) is 5.75 Å². The molecule has 19 heavy (non-hydrogen) atoms. The number of ether oxygens (including phenoxy) is 1. The SMILES string of the molecule is CNc1cnn(CCCOc2ccccc2)c(=O)c1. The molecule has 5 heteroatoms. The van der Waals surface area contributed by atoms with Crippen molar-refractivity contribution in [3.05, 3.63) is 52.9 Å². The smallest absolute Gasteiger partial charge is 0.268 e. The molecule has 0 atom stereocenters. The first-order valence-electron chi connectivity index (χ1n) is 6.22. The first-order chi connectivity index (χ1) is 9.29. The first-order valence-corrected chi connectivity index (χ1v) is 6.22. The second kappa shape index (κ2) is 6.58. The number of aromatic nitrogens is 2. The van der Waals surface area contributed by atoms with Gasteiger partial charge in [0.25, 0.3) is 5.56 Å². The summed E-state index contributed by atoms with van der Waals surface area (Å²) >= 11 is 0. The number of para-hydroxylation sites is 1. The largest absolute Gasteiger partial charge is 0.494 e. The molecule has 0 aliphatic heterocycles. The van der Waals surface area contributed by atoms with E-state index < -0.39 is 0 Å². The van der Waals surface area contributed by atoms with Crippen LogP contribution in [-0.4, -0.2) is 23.4 Å². The molecule has 100 valence electrons. The van der Waals surface area contributed by atoms with Crippen molar-refractivity contribution in [3.63, 3.8) is 0 Å². The van der Waals surface area contributed by atoms with Gasteiger partial charge in [-0.3, -0.25) is 4.79 Å². The van der Waals surface area contributed by atoms with Crippen LogP contribution in [0.4, 0.5) is 5.69 Å². The minimum atomic E-state index is -0.105. The van der Waals surface area contributed by atoms with E-state index in [0.717, 1.165) is 17.9 Å². The van der Waals surface area contributed by atoms with Crippen LogP contribution in [0.3, 0.4) is 0 Å². The predicted molar refractivity (Wildman–Crippen MR) is 74.6 cm³/mol. The number of hydrogen-bond acceptors (Lipinski definition) is 4. The minimum Gasteiger partial charge on any atom is -0.494 e. The summed E-state index contributed by atoms with van der Waals surface area (Å²) in [7, 11) is 1.76. The summed E-state index contributed by atoms with van der Waals surface area (Å²) in [6.07, 6.45) is 2.38. The molecule has 1 aromatic heterocycles. The predicted octanol–water partition coefficient (Wildman–Crippen LogP) is 1.75. The molecule has 0 fully saturated rings. The third kappa shape index (κ3) is 3.84. The van der Waals surface area contributed by atoms with E-state index in [9.17, 15) is 4.79 Å². The summed E-state index contributed by atoms with van der Waals surface area (Å²) in [5.41, 5.74) is 0.619. The molecule has 2 aromatic rings. The summed E-state index contributed by atoms with van der Waals surface area (Å²) in [5.74, 6) is 0.841. The van der Waals surface area contributed by atoms with Gasteiger partial charge in [0.1, 0.15) is 5.75 Å². The summed E-state index contributed by atoms with van der Waals surface area (Å²) < 4.78 is 7.00. The zero-order valence-corrected chi connectivity index (χ0v) is 10.9. The molecule has 0 aliphatic carbocycles. The molecule has 1 heterocycles. The van der Waals surface area contributed by atoms with Crippen LogP contribution < -0.4 is 15.6 Å². The van der Waals surface area contributed by atoms with E-state index in [2.05, 4.69) is 10.4 Å². The van der Waals surface area contributed by atoms with Crippen LogP contribution in [0.15, 0.2) is 47.4 Å². The molecular formula is C14H17N3O2. The molecule has 5 nitrogen and oxygen atoms in total. The van der Waals surface area contributed by atoms with E-state index in [-0.39, 0.29) is 5.56 Å². The van der Waals surface area contributed by atoms with Crippen LogP contribution >= 0.6 is 0 Å². The van der Waals surface area contributed by atoms with Gasteiger partial charge in [-0.15, -0.1) is 0 Å². The molecule has 0 bridgehead atoms. The average molecular weight is 259 g/mol. The number of rotatable bonds is 6. The Balaban J connectivity index is 1.81. The van der Waals surface area contributed by atoms with E-state index in [0.29, 0.717) is 13.2 Å². The van der Waals surface area contributed by atoms with E-state index in [1.54, 1.807) is 13.2 Å². The Morgan fingerprint density at radius 3 is 2.79 bits per heavy atom. The zero-order valence-electron chi connectivity index (χ0n) is 10.9. The number of aryl methyl sites for hydroxylation is 1. The normalized spacial score (nSPS) is 10.2. The molecule has 0 spiro atoms. The number of nitrogens with one attached hydrogen (secondary N) is 1. The summed E-state index contributed by atoms with van der Waals surface area (Å²) in [4.78, 5) is 11.7. The monoisotopic (exact) mass is 259 g/mol. The second-order valence-electron chi connectivity index (χ2n) is 4.07. The van der Waals surface area contributed by atoms with Crippen molar-refractivity contribution < 1.29 is 4.74 Å². The topological polar surface area (TPSA) is 56.1 Å². The van der Waals surface area contributed by atoms with Crippen molar-refractivity contribution in [2.45, 2.75) is 13.0 Å². The maximum absolute atomic E-state index is 11.7. The van der Waals surface area contributed by atoms with Gasteiger partial charge in [0.15, 0.2) is 0 Å². The molecule has 1 aromatic carbocycles. The highest BCUT2D eigenvalue weighted by atomic mass is 16.5. The van der Waals surface area contributed by atoms with Gasteiger partial charge in [-0.05, 0) is 12.1 Å². The van der Waals surface area contributed by atoms with E-state index in [1.807, 2.05) is 30.3 Å². The molecule has 0 radical (unpaired) electrons. The summed E-state index contributed by atoms with van der Waals surface area (Å²) in [6.45, 7) is 1.11. The number of hydrogen-bond donors (Lipinski definition) is 1. The van der Waals surface area contributed by atoms with E-state index >= 15 is 0 Å². The maximum Gasteiger partial charge on any atom is 0.268 e. The Labute approximate surface area is 111 Å². The lowest BCUT2D eigenvalue weighted by Gasteiger charge is -2.07. The third-order valence-corrected chi connectivity index (χ3v) is 2.68. The van der Waals surface area contributed by atoms with Gasteiger partial charge in [0.2, 0.25) is 0 Å². The number of nitrogens with zero attached hydrogens (tertiary/aromatic N) is 2. The van der Waals surface area contributed by atoms with Gasteiger partial charge in [0, 0.05) is 26.1 Å². The second-order valence-corrected chi connectivity index (χ2v) is 4.07. The fourth-order valence-electron chi connectivity index (χ4n) is 1.66. The number of benzene rings is 1. The van der Waals surface area contributed by atoms with Gasteiger partial charge in [-0.25, -0.2) is 4.68 Å². The Kier molecular flexibility index (Phi) is 4.55. The van der Waals surface area contributed by atoms with Crippen LogP contribution in [0.2, 0.25) is 0 Å². The van der Waals surface area contributed by atoms with Gasteiger partial charge in [0.05, 0.1) is 18.5 Å². The molecule has 0 amide bonds. The fraction of sp³-hybridized carbons (Fsp3) is 0.286. The lowest BCUT2D eigenvalue weighted by atomic mass is 10.3. The van der Waals surface area contributed by atoms with Crippen molar-refractivity contribution in [1.29, 1.82) is 0 Å². The van der Waals surface area contributed by atoms with Crippen LogP contribution in [0, 0.1) is 0 Å². The third-order valence-electron chi connectivity index (χ3n) is 2.68. The molecular weight excluding hydrogens is 242 g/mol.